The van der Waals surface area contributed by atoms with Gasteiger partial charge in [0.25, 0.3) is 0 Å². The third kappa shape index (κ3) is 4.11. The lowest BCUT2D eigenvalue weighted by Gasteiger charge is -2.22. The lowest BCUT2D eigenvalue weighted by molar-refractivity contribution is 0.583. The molecule has 0 spiro atoms. The van der Waals surface area contributed by atoms with E-state index in [4.69, 9.17) is 5.73 Å². The Labute approximate surface area is 115 Å². The minimum absolute atomic E-state index is 0.232. The third-order valence-corrected chi connectivity index (χ3v) is 4.45. The van der Waals surface area contributed by atoms with E-state index >= 15 is 0 Å². The van der Waals surface area contributed by atoms with Crippen LogP contribution in [0.25, 0.3) is 0 Å². The van der Waals surface area contributed by atoms with Gasteiger partial charge >= 0.3 is 0 Å². The molecule has 5 nitrogen and oxygen atoms in total. The van der Waals surface area contributed by atoms with Gasteiger partial charge < -0.3 is 10.6 Å². The summed E-state index contributed by atoms with van der Waals surface area (Å²) < 4.78 is 25.9. The molecule has 1 aromatic carbocycles. The number of nitrogens with zero attached hydrogens (tertiary/aromatic N) is 1. The molecule has 0 aliphatic heterocycles. The summed E-state index contributed by atoms with van der Waals surface area (Å²) in [6.07, 6.45) is 1.03. The highest BCUT2D eigenvalue weighted by Gasteiger charge is 2.15. The maximum Gasteiger partial charge on any atom is 0.240 e. The van der Waals surface area contributed by atoms with Gasteiger partial charge in [-0.15, -0.1) is 0 Å². The number of hydrogen-bond donors (Lipinski definition) is 2. The van der Waals surface area contributed by atoms with Gasteiger partial charge in [-0.25, -0.2) is 13.1 Å². The van der Waals surface area contributed by atoms with Crippen molar-refractivity contribution in [3.05, 3.63) is 18.2 Å². The number of nitrogens with two attached hydrogens (primary N) is 1. The van der Waals surface area contributed by atoms with Crippen molar-refractivity contribution < 1.29 is 8.42 Å². The van der Waals surface area contributed by atoms with Crippen LogP contribution in [0.1, 0.15) is 20.3 Å². The molecule has 1 aromatic rings. The van der Waals surface area contributed by atoms with Gasteiger partial charge in [-0.2, -0.15) is 0 Å². The van der Waals surface area contributed by atoms with E-state index in [-0.39, 0.29) is 4.90 Å². The molecular weight excluding hydrogens is 262 g/mol. The monoisotopic (exact) mass is 285 g/mol. The molecule has 19 heavy (non-hydrogen) atoms. The predicted molar refractivity (Wildman–Crippen MR) is 79.8 cm³/mol. The van der Waals surface area contributed by atoms with E-state index in [9.17, 15) is 8.42 Å². The van der Waals surface area contributed by atoms with Crippen molar-refractivity contribution in [2.75, 3.05) is 31.3 Å². The van der Waals surface area contributed by atoms with Gasteiger partial charge in [-0.05, 0) is 37.6 Å². The topological polar surface area (TPSA) is 75.4 Å². The Bertz CT molecular complexity index is 527. The molecule has 0 heterocycles. The fourth-order valence-electron chi connectivity index (χ4n) is 1.71. The minimum Gasteiger partial charge on any atom is -0.397 e. The molecule has 0 atom stereocenters. The Balaban J connectivity index is 3.04. The van der Waals surface area contributed by atoms with Crippen molar-refractivity contribution >= 4 is 21.4 Å². The van der Waals surface area contributed by atoms with Crippen LogP contribution in [0, 0.1) is 5.92 Å². The van der Waals surface area contributed by atoms with Crippen molar-refractivity contribution in [2.24, 2.45) is 5.92 Å². The van der Waals surface area contributed by atoms with Crippen molar-refractivity contribution in [3.63, 3.8) is 0 Å². The van der Waals surface area contributed by atoms with E-state index < -0.39 is 10.0 Å². The van der Waals surface area contributed by atoms with E-state index in [1.807, 2.05) is 11.9 Å². The highest BCUT2D eigenvalue weighted by Crippen LogP contribution is 2.26. The largest absolute Gasteiger partial charge is 0.397 e. The van der Waals surface area contributed by atoms with Crippen LogP contribution in [0.2, 0.25) is 0 Å². The molecule has 3 N–H and O–H groups in total. The first-order valence-electron chi connectivity index (χ1n) is 6.32. The predicted octanol–water partition coefficient (Wildman–Crippen LogP) is 1.66. The molecule has 1 rings (SSSR count). The fourth-order valence-corrected chi connectivity index (χ4v) is 2.46. The number of anilines is 2. The van der Waals surface area contributed by atoms with Crippen LogP contribution in [0.5, 0.6) is 0 Å². The Morgan fingerprint density at radius 3 is 2.53 bits per heavy atom. The van der Waals surface area contributed by atoms with Gasteiger partial charge in [0.15, 0.2) is 0 Å². The number of hydrogen-bond acceptors (Lipinski definition) is 4. The van der Waals surface area contributed by atoms with Crippen LogP contribution >= 0.6 is 0 Å². The summed E-state index contributed by atoms with van der Waals surface area (Å²) in [7, 11) is -0.117. The normalized spacial score (nSPS) is 11.8. The lowest BCUT2D eigenvalue weighted by Crippen LogP contribution is -2.23. The van der Waals surface area contributed by atoms with Crippen molar-refractivity contribution in [3.8, 4) is 0 Å². The zero-order valence-corrected chi connectivity index (χ0v) is 12.8. The summed E-state index contributed by atoms with van der Waals surface area (Å²) in [6.45, 7) is 5.14. The van der Waals surface area contributed by atoms with Crippen molar-refractivity contribution in [1.82, 2.24) is 4.72 Å². The van der Waals surface area contributed by atoms with Crippen LogP contribution in [-0.4, -0.2) is 29.1 Å². The second kappa shape index (κ2) is 6.25. The quantitative estimate of drug-likeness (QED) is 0.779. The molecular formula is C13H23N3O2S. The summed E-state index contributed by atoms with van der Waals surface area (Å²) in [5.41, 5.74) is 7.26. The Hall–Kier alpha value is -1.27. The average molecular weight is 285 g/mol. The van der Waals surface area contributed by atoms with Crippen molar-refractivity contribution in [2.45, 2.75) is 25.2 Å². The summed E-state index contributed by atoms with van der Waals surface area (Å²) in [5, 5.41) is 0. The SMILES string of the molecule is CNS(=O)(=O)c1ccc(N)c(N(C)CCC(C)C)c1. The maximum atomic E-state index is 11.8. The van der Waals surface area contributed by atoms with Gasteiger partial charge in [0, 0.05) is 13.6 Å². The highest BCUT2D eigenvalue weighted by molar-refractivity contribution is 7.89. The lowest BCUT2D eigenvalue weighted by atomic mass is 10.1. The van der Waals surface area contributed by atoms with Crippen LogP contribution in [0.3, 0.4) is 0 Å². The summed E-state index contributed by atoms with van der Waals surface area (Å²) in [4.78, 5) is 2.22. The Morgan fingerprint density at radius 1 is 1.37 bits per heavy atom. The van der Waals surface area contributed by atoms with E-state index in [1.165, 1.54) is 13.1 Å². The van der Waals surface area contributed by atoms with Crippen molar-refractivity contribution in [1.29, 1.82) is 0 Å². The molecule has 0 amide bonds. The van der Waals surface area contributed by atoms with E-state index in [1.54, 1.807) is 12.1 Å². The number of benzene rings is 1. The number of nitrogens with one attached hydrogen (secondary N) is 1. The molecule has 0 unspecified atom stereocenters. The molecule has 0 aliphatic rings. The molecule has 0 aromatic heterocycles. The molecule has 108 valence electrons. The van der Waals surface area contributed by atoms with Crippen LogP contribution in [0.15, 0.2) is 23.1 Å². The van der Waals surface area contributed by atoms with E-state index in [2.05, 4.69) is 18.6 Å². The van der Waals surface area contributed by atoms with Gasteiger partial charge in [-0.3, -0.25) is 0 Å². The second-order valence-corrected chi connectivity index (χ2v) is 6.92. The number of sulfonamides is 1. The Kier molecular flexibility index (Phi) is 5.20. The standard InChI is InChI=1S/C13H23N3O2S/c1-10(2)7-8-16(4)13-9-11(5-6-12(13)14)19(17,18)15-3/h5-6,9-10,15H,7-8,14H2,1-4H3. The van der Waals surface area contributed by atoms with Gasteiger partial charge in [-0.1, -0.05) is 13.8 Å². The fraction of sp³-hybridized carbons (Fsp3) is 0.538. The van der Waals surface area contributed by atoms with E-state index in [0.717, 1.165) is 18.7 Å². The molecule has 0 saturated carbocycles. The molecule has 6 heteroatoms. The third-order valence-electron chi connectivity index (χ3n) is 3.03. The average Bonchev–Trinajstić information content (AvgIpc) is 2.36. The zero-order valence-electron chi connectivity index (χ0n) is 12.0. The molecule has 0 bridgehead atoms. The zero-order chi connectivity index (χ0) is 14.6. The van der Waals surface area contributed by atoms with E-state index in [0.29, 0.717) is 11.6 Å². The first kappa shape index (κ1) is 15.8. The van der Waals surface area contributed by atoms with Crippen LogP contribution in [-0.2, 0) is 10.0 Å². The summed E-state index contributed by atoms with van der Waals surface area (Å²) in [6, 6.07) is 4.76. The first-order valence-corrected chi connectivity index (χ1v) is 7.80. The van der Waals surface area contributed by atoms with Crippen LogP contribution < -0.4 is 15.4 Å². The minimum atomic E-state index is -3.43. The summed E-state index contributed by atoms with van der Waals surface area (Å²) >= 11 is 0. The second-order valence-electron chi connectivity index (χ2n) is 5.03. The molecule has 0 saturated heterocycles. The van der Waals surface area contributed by atoms with Gasteiger partial charge in [0.05, 0.1) is 16.3 Å². The van der Waals surface area contributed by atoms with Gasteiger partial charge in [0.1, 0.15) is 0 Å². The summed E-state index contributed by atoms with van der Waals surface area (Å²) in [5.74, 6) is 0.591. The van der Waals surface area contributed by atoms with Gasteiger partial charge in [0.2, 0.25) is 10.0 Å². The first-order chi connectivity index (χ1) is 8.77. The molecule has 0 radical (unpaired) electrons. The molecule has 0 fully saturated rings. The smallest absolute Gasteiger partial charge is 0.240 e. The number of rotatable bonds is 6. The Morgan fingerprint density at radius 2 is 2.00 bits per heavy atom. The van der Waals surface area contributed by atoms with Crippen LogP contribution in [0.4, 0.5) is 11.4 Å². The number of nitrogen functional groups attached to an aromatic ring is 1. The highest BCUT2D eigenvalue weighted by atomic mass is 32.2. The molecule has 0 aliphatic carbocycles. The maximum absolute atomic E-state index is 11.8.